The van der Waals surface area contributed by atoms with Crippen molar-refractivity contribution in [2.24, 2.45) is 0 Å². The Labute approximate surface area is 82.9 Å². The second-order valence-electron chi connectivity index (χ2n) is 3.70. The van der Waals surface area contributed by atoms with Gasteiger partial charge in [-0.1, -0.05) is 0 Å². The number of rotatable bonds is 2. The summed E-state index contributed by atoms with van der Waals surface area (Å²) in [5.41, 5.74) is 1.45. The number of ether oxygens (including phenoxy) is 1. The van der Waals surface area contributed by atoms with E-state index in [9.17, 15) is 0 Å². The van der Waals surface area contributed by atoms with Gasteiger partial charge in [-0.15, -0.1) is 11.3 Å². The summed E-state index contributed by atoms with van der Waals surface area (Å²) in [5.74, 6) is 0. The van der Waals surface area contributed by atoms with Crippen molar-refractivity contribution in [3.05, 3.63) is 21.9 Å². The monoisotopic (exact) mass is 197 g/mol. The lowest BCUT2D eigenvalue weighted by atomic mass is 9.89. The fourth-order valence-corrected chi connectivity index (χ4v) is 3.00. The molecule has 0 fully saturated rings. The van der Waals surface area contributed by atoms with Crippen LogP contribution < -0.4 is 5.32 Å². The van der Waals surface area contributed by atoms with Crippen molar-refractivity contribution in [1.29, 1.82) is 0 Å². The molecule has 3 heteroatoms. The van der Waals surface area contributed by atoms with E-state index in [0.29, 0.717) is 0 Å². The molecule has 2 nitrogen and oxygen atoms in total. The number of hydrogen-bond acceptors (Lipinski definition) is 3. The Bertz CT molecular complexity index is 297. The van der Waals surface area contributed by atoms with Crippen LogP contribution in [0.2, 0.25) is 0 Å². The summed E-state index contributed by atoms with van der Waals surface area (Å²) in [7, 11) is 1.76. The first-order valence-electron chi connectivity index (χ1n) is 4.57. The molecule has 2 heterocycles. The minimum Gasteiger partial charge on any atom is -0.382 e. The van der Waals surface area contributed by atoms with Gasteiger partial charge in [-0.3, -0.25) is 0 Å². The normalized spacial score (nSPS) is 27.2. The van der Waals surface area contributed by atoms with Crippen LogP contribution in [0.15, 0.2) is 11.4 Å². The van der Waals surface area contributed by atoms with Crippen LogP contribution >= 0.6 is 11.3 Å². The van der Waals surface area contributed by atoms with E-state index in [1.807, 2.05) is 11.3 Å². The van der Waals surface area contributed by atoms with E-state index in [4.69, 9.17) is 4.74 Å². The molecule has 0 spiro atoms. The topological polar surface area (TPSA) is 21.3 Å². The molecule has 1 atom stereocenters. The van der Waals surface area contributed by atoms with Gasteiger partial charge < -0.3 is 10.1 Å². The fraction of sp³-hybridized carbons (Fsp3) is 0.600. The second-order valence-corrected chi connectivity index (χ2v) is 4.70. The molecule has 0 saturated carbocycles. The minimum absolute atomic E-state index is 0.0301. The molecule has 2 rings (SSSR count). The highest BCUT2D eigenvalue weighted by Crippen LogP contribution is 2.32. The number of nitrogens with one attached hydrogen (secondary N) is 1. The van der Waals surface area contributed by atoms with Gasteiger partial charge in [-0.25, -0.2) is 0 Å². The first-order valence-corrected chi connectivity index (χ1v) is 5.45. The summed E-state index contributed by atoms with van der Waals surface area (Å²) in [6.07, 6.45) is 1.16. The number of thiophene rings is 1. The van der Waals surface area contributed by atoms with Crippen LogP contribution in [-0.2, 0) is 16.7 Å². The molecule has 1 aromatic rings. The maximum absolute atomic E-state index is 5.25. The van der Waals surface area contributed by atoms with Gasteiger partial charge in [0.2, 0.25) is 0 Å². The molecule has 0 bridgehead atoms. The van der Waals surface area contributed by atoms with Crippen molar-refractivity contribution in [2.75, 3.05) is 20.3 Å². The Morgan fingerprint density at radius 2 is 2.54 bits per heavy atom. The Kier molecular flexibility index (Phi) is 2.41. The molecule has 1 aliphatic heterocycles. The molecule has 0 aliphatic carbocycles. The summed E-state index contributed by atoms with van der Waals surface area (Å²) in [6, 6.07) is 2.21. The van der Waals surface area contributed by atoms with Gasteiger partial charge in [0.25, 0.3) is 0 Å². The Morgan fingerprint density at radius 3 is 3.31 bits per heavy atom. The first kappa shape index (κ1) is 9.19. The van der Waals surface area contributed by atoms with E-state index in [1.165, 1.54) is 10.4 Å². The summed E-state index contributed by atoms with van der Waals surface area (Å²) in [6.45, 7) is 4.02. The van der Waals surface area contributed by atoms with Crippen molar-refractivity contribution in [1.82, 2.24) is 5.32 Å². The van der Waals surface area contributed by atoms with Gasteiger partial charge in [0, 0.05) is 18.5 Å². The van der Waals surface area contributed by atoms with E-state index < -0.39 is 0 Å². The highest BCUT2D eigenvalue weighted by Gasteiger charge is 2.32. The van der Waals surface area contributed by atoms with Crippen LogP contribution in [0.4, 0.5) is 0 Å². The van der Waals surface area contributed by atoms with Crippen molar-refractivity contribution in [3.63, 3.8) is 0 Å². The predicted octanol–water partition coefficient (Wildman–Crippen LogP) is 1.76. The molecule has 0 amide bonds. The van der Waals surface area contributed by atoms with Crippen LogP contribution in [-0.4, -0.2) is 20.3 Å². The Hall–Kier alpha value is -0.380. The zero-order valence-corrected chi connectivity index (χ0v) is 8.91. The maximum Gasteiger partial charge on any atom is 0.0684 e. The highest BCUT2D eigenvalue weighted by atomic mass is 32.1. The molecule has 0 saturated heterocycles. The summed E-state index contributed by atoms with van der Waals surface area (Å²) >= 11 is 1.86. The third-order valence-electron chi connectivity index (χ3n) is 2.64. The van der Waals surface area contributed by atoms with E-state index >= 15 is 0 Å². The summed E-state index contributed by atoms with van der Waals surface area (Å²) in [5, 5.41) is 5.69. The second kappa shape index (κ2) is 3.40. The molecule has 1 N–H and O–H groups in total. The fourth-order valence-electron chi connectivity index (χ4n) is 1.99. The SMILES string of the molecule is COCC1(C)NCCc2sccc21. The smallest absolute Gasteiger partial charge is 0.0684 e. The van der Waals surface area contributed by atoms with E-state index in [0.717, 1.165) is 19.6 Å². The minimum atomic E-state index is 0.0301. The summed E-state index contributed by atoms with van der Waals surface area (Å²) in [4.78, 5) is 1.51. The van der Waals surface area contributed by atoms with Crippen molar-refractivity contribution in [2.45, 2.75) is 18.9 Å². The predicted molar refractivity (Wildman–Crippen MR) is 55.3 cm³/mol. The van der Waals surface area contributed by atoms with Gasteiger partial charge in [-0.05, 0) is 30.4 Å². The largest absolute Gasteiger partial charge is 0.382 e. The van der Waals surface area contributed by atoms with Crippen LogP contribution in [0, 0.1) is 0 Å². The van der Waals surface area contributed by atoms with Crippen molar-refractivity contribution < 1.29 is 4.74 Å². The van der Waals surface area contributed by atoms with E-state index in [-0.39, 0.29) is 5.54 Å². The van der Waals surface area contributed by atoms with Crippen molar-refractivity contribution >= 4 is 11.3 Å². The standard InChI is InChI=1S/C10H15NOS/c1-10(7-12-2)8-4-6-13-9(8)3-5-11-10/h4,6,11H,3,5,7H2,1-2H3. The highest BCUT2D eigenvalue weighted by molar-refractivity contribution is 7.10. The lowest BCUT2D eigenvalue weighted by Crippen LogP contribution is -2.47. The first-order chi connectivity index (χ1) is 6.26. The molecule has 1 aromatic heterocycles. The number of fused-ring (bicyclic) bond motifs is 1. The molecule has 13 heavy (non-hydrogen) atoms. The molecule has 72 valence electrons. The average molecular weight is 197 g/mol. The van der Waals surface area contributed by atoms with Gasteiger partial charge in [0.15, 0.2) is 0 Å². The van der Waals surface area contributed by atoms with Gasteiger partial charge in [0.05, 0.1) is 12.1 Å². The third-order valence-corrected chi connectivity index (χ3v) is 3.62. The zero-order chi connectivity index (χ0) is 9.31. The maximum atomic E-state index is 5.25. The average Bonchev–Trinajstić information content (AvgIpc) is 2.54. The molecule has 1 unspecified atom stereocenters. The molecule has 0 aromatic carbocycles. The lowest BCUT2D eigenvalue weighted by molar-refractivity contribution is 0.115. The van der Waals surface area contributed by atoms with Crippen LogP contribution in [0.3, 0.4) is 0 Å². The quantitative estimate of drug-likeness (QED) is 0.780. The van der Waals surface area contributed by atoms with E-state index in [1.54, 1.807) is 7.11 Å². The molecular formula is C10H15NOS. The van der Waals surface area contributed by atoms with E-state index in [2.05, 4.69) is 23.7 Å². The van der Waals surface area contributed by atoms with Gasteiger partial charge >= 0.3 is 0 Å². The van der Waals surface area contributed by atoms with Crippen LogP contribution in [0.1, 0.15) is 17.4 Å². The number of methoxy groups -OCH3 is 1. The molecular weight excluding hydrogens is 182 g/mol. The Balaban J connectivity index is 2.33. The molecule has 1 aliphatic rings. The number of hydrogen-bond donors (Lipinski definition) is 1. The molecule has 0 radical (unpaired) electrons. The summed E-state index contributed by atoms with van der Waals surface area (Å²) < 4.78 is 5.25. The van der Waals surface area contributed by atoms with Crippen molar-refractivity contribution in [3.8, 4) is 0 Å². The van der Waals surface area contributed by atoms with Crippen LogP contribution in [0.5, 0.6) is 0 Å². The zero-order valence-electron chi connectivity index (χ0n) is 8.09. The van der Waals surface area contributed by atoms with Gasteiger partial charge in [0.1, 0.15) is 0 Å². The lowest BCUT2D eigenvalue weighted by Gasteiger charge is -2.34. The van der Waals surface area contributed by atoms with Crippen LogP contribution in [0.25, 0.3) is 0 Å². The third kappa shape index (κ3) is 1.52. The van der Waals surface area contributed by atoms with Gasteiger partial charge in [-0.2, -0.15) is 0 Å². The Morgan fingerprint density at radius 1 is 1.69 bits per heavy atom.